The van der Waals surface area contributed by atoms with Crippen LogP contribution < -0.4 is 11.1 Å². The Hall–Kier alpha value is -1.00. The van der Waals surface area contributed by atoms with Gasteiger partial charge in [-0.2, -0.15) is 0 Å². The fourth-order valence-corrected chi connectivity index (χ4v) is 2.66. The summed E-state index contributed by atoms with van der Waals surface area (Å²) in [7, 11) is 0. The van der Waals surface area contributed by atoms with Gasteiger partial charge in [0.1, 0.15) is 5.82 Å². The minimum atomic E-state index is -0.292. The molecule has 18 heavy (non-hydrogen) atoms. The summed E-state index contributed by atoms with van der Waals surface area (Å²) in [6.07, 6.45) is 5.67. The molecule has 1 aromatic heterocycles. The number of aliphatic hydroxyl groups excluding tert-OH is 1. The molecule has 0 unspecified atom stereocenters. The van der Waals surface area contributed by atoms with Gasteiger partial charge in [0, 0.05) is 0 Å². The number of hydrogen-bond donors (Lipinski definition) is 3. The molecule has 1 saturated carbocycles. The normalized spacial score (nSPS) is 28.1. The van der Waals surface area contributed by atoms with E-state index in [0.29, 0.717) is 16.5 Å². The van der Waals surface area contributed by atoms with E-state index in [-0.39, 0.29) is 12.1 Å². The molecule has 4 nitrogen and oxygen atoms in total. The maximum absolute atomic E-state index is 9.68. The number of aromatic nitrogens is 1. The zero-order valence-electron chi connectivity index (χ0n) is 10.6. The van der Waals surface area contributed by atoms with E-state index >= 15 is 0 Å². The van der Waals surface area contributed by atoms with Crippen LogP contribution in [0.2, 0.25) is 5.02 Å². The van der Waals surface area contributed by atoms with Gasteiger partial charge >= 0.3 is 0 Å². The van der Waals surface area contributed by atoms with Crippen molar-refractivity contribution < 1.29 is 5.11 Å². The highest BCUT2D eigenvalue weighted by atomic mass is 35.5. The first-order valence-corrected chi connectivity index (χ1v) is 6.72. The molecule has 0 atom stereocenters. The summed E-state index contributed by atoms with van der Waals surface area (Å²) in [5.74, 6) is 1.33. The van der Waals surface area contributed by atoms with Crippen LogP contribution in [0, 0.1) is 5.92 Å². The van der Waals surface area contributed by atoms with Gasteiger partial charge in [0.15, 0.2) is 0 Å². The van der Waals surface area contributed by atoms with Crippen LogP contribution in [0.4, 0.5) is 11.5 Å². The van der Waals surface area contributed by atoms with E-state index in [0.717, 1.165) is 31.6 Å². The molecule has 1 aromatic rings. The van der Waals surface area contributed by atoms with Gasteiger partial charge in [0.25, 0.3) is 0 Å². The van der Waals surface area contributed by atoms with E-state index in [1.807, 2.05) is 0 Å². The Kier molecular flexibility index (Phi) is 3.97. The number of pyridine rings is 1. The smallest absolute Gasteiger partial charge is 0.145 e. The van der Waals surface area contributed by atoms with Gasteiger partial charge in [-0.1, -0.05) is 18.5 Å². The van der Waals surface area contributed by atoms with Crippen molar-refractivity contribution in [2.75, 3.05) is 17.7 Å². The number of nitrogen functional groups attached to an aromatic ring is 1. The number of nitrogens with one attached hydrogen (secondary N) is 1. The van der Waals surface area contributed by atoms with Gasteiger partial charge in [0.2, 0.25) is 0 Å². The van der Waals surface area contributed by atoms with Gasteiger partial charge in [0.05, 0.1) is 29.1 Å². The van der Waals surface area contributed by atoms with Crippen LogP contribution in [0.3, 0.4) is 0 Å². The lowest BCUT2D eigenvalue weighted by Crippen LogP contribution is -2.45. The predicted octanol–water partition coefficient (Wildman–Crippen LogP) is 2.67. The highest BCUT2D eigenvalue weighted by molar-refractivity contribution is 6.33. The van der Waals surface area contributed by atoms with E-state index in [2.05, 4.69) is 17.2 Å². The molecule has 0 radical (unpaired) electrons. The molecule has 0 aromatic carbocycles. The second-order valence-electron chi connectivity index (χ2n) is 5.35. The van der Waals surface area contributed by atoms with E-state index in [9.17, 15) is 5.11 Å². The van der Waals surface area contributed by atoms with Gasteiger partial charge in [-0.15, -0.1) is 0 Å². The molecule has 0 aliphatic heterocycles. The molecular formula is C13H20ClN3O. The summed E-state index contributed by atoms with van der Waals surface area (Å²) >= 11 is 6.11. The first-order valence-electron chi connectivity index (χ1n) is 6.35. The Morgan fingerprint density at radius 3 is 2.78 bits per heavy atom. The minimum Gasteiger partial charge on any atom is -0.397 e. The van der Waals surface area contributed by atoms with Crippen molar-refractivity contribution in [3.8, 4) is 0 Å². The Labute approximate surface area is 113 Å². The van der Waals surface area contributed by atoms with Gasteiger partial charge < -0.3 is 16.2 Å². The lowest BCUT2D eigenvalue weighted by Gasteiger charge is -2.39. The molecule has 2 rings (SSSR count). The standard InChI is InChI=1S/C13H20ClN3O/c1-9-2-4-13(8-18,5-3-9)17-12-11(14)6-10(15)7-16-12/h6-7,9,18H,2-5,8,15H2,1H3,(H,16,17). The van der Waals surface area contributed by atoms with Crippen LogP contribution in [0.25, 0.3) is 0 Å². The maximum atomic E-state index is 9.68. The number of hydrogen-bond acceptors (Lipinski definition) is 4. The van der Waals surface area contributed by atoms with Crippen molar-refractivity contribution in [3.05, 3.63) is 17.3 Å². The lowest BCUT2D eigenvalue weighted by atomic mass is 9.77. The van der Waals surface area contributed by atoms with Crippen molar-refractivity contribution in [1.82, 2.24) is 4.98 Å². The van der Waals surface area contributed by atoms with Crippen LogP contribution in [0.5, 0.6) is 0 Å². The molecule has 1 heterocycles. The third-order valence-electron chi connectivity index (χ3n) is 3.78. The lowest BCUT2D eigenvalue weighted by molar-refractivity contribution is 0.155. The summed E-state index contributed by atoms with van der Waals surface area (Å²) in [6, 6.07) is 1.67. The van der Waals surface area contributed by atoms with Crippen molar-refractivity contribution in [2.45, 2.75) is 38.1 Å². The van der Waals surface area contributed by atoms with Crippen molar-refractivity contribution in [1.29, 1.82) is 0 Å². The second-order valence-corrected chi connectivity index (χ2v) is 5.75. The quantitative estimate of drug-likeness (QED) is 0.789. The van der Waals surface area contributed by atoms with E-state index in [1.165, 1.54) is 0 Å². The van der Waals surface area contributed by atoms with Gasteiger partial charge in [-0.05, 0) is 37.7 Å². The second kappa shape index (κ2) is 5.33. The molecule has 0 bridgehead atoms. The minimum absolute atomic E-state index is 0.0993. The molecule has 0 spiro atoms. The molecule has 1 aliphatic carbocycles. The number of aliphatic hydroxyl groups is 1. The maximum Gasteiger partial charge on any atom is 0.145 e. The topological polar surface area (TPSA) is 71.2 Å². The third-order valence-corrected chi connectivity index (χ3v) is 4.07. The van der Waals surface area contributed by atoms with Crippen LogP contribution >= 0.6 is 11.6 Å². The largest absolute Gasteiger partial charge is 0.397 e. The number of rotatable bonds is 3. The van der Waals surface area contributed by atoms with Gasteiger partial charge in [-0.3, -0.25) is 0 Å². The molecule has 0 amide bonds. The predicted molar refractivity (Wildman–Crippen MR) is 74.7 cm³/mol. The summed E-state index contributed by atoms with van der Waals surface area (Å²) in [5, 5.41) is 13.5. The van der Waals surface area contributed by atoms with Crippen LogP contribution in [0.15, 0.2) is 12.3 Å². The Morgan fingerprint density at radius 2 is 2.22 bits per heavy atom. The van der Waals surface area contributed by atoms with E-state index in [4.69, 9.17) is 17.3 Å². The van der Waals surface area contributed by atoms with Gasteiger partial charge in [-0.25, -0.2) is 4.98 Å². The molecular weight excluding hydrogens is 250 g/mol. The fraction of sp³-hybridized carbons (Fsp3) is 0.615. The SMILES string of the molecule is CC1CCC(CO)(Nc2ncc(N)cc2Cl)CC1. The number of anilines is 2. The Bertz CT molecular complexity index is 417. The average Bonchev–Trinajstić information content (AvgIpc) is 2.36. The first kappa shape index (κ1) is 13.4. The highest BCUT2D eigenvalue weighted by Gasteiger charge is 2.34. The summed E-state index contributed by atoms with van der Waals surface area (Å²) in [5.41, 5.74) is 5.87. The third kappa shape index (κ3) is 2.87. The monoisotopic (exact) mass is 269 g/mol. The summed E-state index contributed by atoms with van der Waals surface area (Å²) < 4.78 is 0. The summed E-state index contributed by atoms with van der Waals surface area (Å²) in [6.45, 7) is 2.35. The molecule has 1 fully saturated rings. The molecule has 4 N–H and O–H groups in total. The van der Waals surface area contributed by atoms with Crippen molar-refractivity contribution in [3.63, 3.8) is 0 Å². The fourth-order valence-electron chi connectivity index (χ4n) is 2.43. The van der Waals surface area contributed by atoms with Crippen molar-refractivity contribution >= 4 is 23.1 Å². The molecule has 5 heteroatoms. The number of halogens is 1. The number of nitrogens with two attached hydrogens (primary N) is 1. The highest BCUT2D eigenvalue weighted by Crippen LogP contribution is 2.35. The van der Waals surface area contributed by atoms with Crippen molar-refractivity contribution in [2.24, 2.45) is 5.92 Å². The average molecular weight is 270 g/mol. The molecule has 100 valence electrons. The first-order chi connectivity index (χ1) is 8.54. The Morgan fingerprint density at radius 1 is 1.56 bits per heavy atom. The van der Waals surface area contributed by atoms with E-state index < -0.39 is 0 Å². The summed E-state index contributed by atoms with van der Waals surface area (Å²) in [4.78, 5) is 4.20. The van der Waals surface area contributed by atoms with Crippen LogP contribution in [-0.2, 0) is 0 Å². The van der Waals surface area contributed by atoms with Crippen LogP contribution in [0.1, 0.15) is 32.6 Å². The van der Waals surface area contributed by atoms with Crippen LogP contribution in [-0.4, -0.2) is 22.2 Å². The Balaban J connectivity index is 2.15. The molecule has 0 saturated heterocycles. The zero-order chi connectivity index (χ0) is 13.2. The molecule has 1 aliphatic rings. The zero-order valence-corrected chi connectivity index (χ0v) is 11.4. The van der Waals surface area contributed by atoms with E-state index in [1.54, 1.807) is 12.3 Å². The number of nitrogens with zero attached hydrogens (tertiary/aromatic N) is 1.